The predicted octanol–water partition coefficient (Wildman–Crippen LogP) is 3.92. The zero-order chi connectivity index (χ0) is 18.8. The zero-order valence-corrected chi connectivity index (χ0v) is 14.7. The van der Waals surface area contributed by atoms with E-state index in [1.54, 1.807) is 12.3 Å². The maximum atomic E-state index is 10.4. The number of hydrogen-bond donors (Lipinski definition) is 3. The molecule has 3 N–H and O–H groups in total. The molecule has 0 aliphatic carbocycles. The third kappa shape index (κ3) is 3.50. The van der Waals surface area contributed by atoms with Gasteiger partial charge in [0.25, 0.3) is 0 Å². The van der Waals surface area contributed by atoms with Gasteiger partial charge in [0.1, 0.15) is 17.3 Å². The number of benzene rings is 2. The minimum Gasteiger partial charge on any atom is -0.507 e. The molecule has 6 nitrogen and oxygen atoms in total. The van der Waals surface area contributed by atoms with Gasteiger partial charge in [0.2, 0.25) is 0 Å². The van der Waals surface area contributed by atoms with E-state index >= 15 is 0 Å². The molecule has 1 aromatic heterocycles. The van der Waals surface area contributed by atoms with Crippen LogP contribution in [0.25, 0.3) is 0 Å². The topological polar surface area (TPSA) is 90.1 Å². The fourth-order valence-electron chi connectivity index (χ4n) is 3.01. The first-order valence-corrected chi connectivity index (χ1v) is 8.54. The largest absolute Gasteiger partial charge is 0.507 e. The SMILES string of the molecule is Cc1ccc2c(c1)CC(c1cc(O)c(C=NNc3ccccn3)cc1O)=N2. The van der Waals surface area contributed by atoms with Crippen LogP contribution in [0, 0.1) is 6.92 Å². The molecular weight excluding hydrogens is 340 g/mol. The highest BCUT2D eigenvalue weighted by Gasteiger charge is 2.20. The van der Waals surface area contributed by atoms with Gasteiger partial charge in [-0.3, -0.25) is 10.4 Å². The van der Waals surface area contributed by atoms with E-state index in [1.165, 1.54) is 23.9 Å². The van der Waals surface area contributed by atoms with Crippen molar-refractivity contribution in [1.82, 2.24) is 4.98 Å². The van der Waals surface area contributed by atoms with Crippen LogP contribution in [0.4, 0.5) is 11.5 Å². The standard InChI is InChI=1S/C21H18N4O2/c1-13-5-6-17-14(8-13)9-18(24-17)16-11-19(26)15(10-20(16)27)12-23-25-21-4-2-3-7-22-21/h2-8,10-12,26-27H,9H2,1H3,(H,22,25). The summed E-state index contributed by atoms with van der Waals surface area (Å²) < 4.78 is 0. The summed E-state index contributed by atoms with van der Waals surface area (Å²) in [6.45, 7) is 2.04. The number of hydrazone groups is 1. The van der Waals surface area contributed by atoms with Crippen molar-refractivity contribution in [2.75, 3.05) is 5.43 Å². The van der Waals surface area contributed by atoms with Crippen molar-refractivity contribution >= 4 is 23.4 Å². The van der Waals surface area contributed by atoms with E-state index < -0.39 is 0 Å². The summed E-state index contributed by atoms with van der Waals surface area (Å²) in [6.07, 6.45) is 3.71. The summed E-state index contributed by atoms with van der Waals surface area (Å²) in [5.74, 6) is 0.655. The van der Waals surface area contributed by atoms with Gasteiger partial charge in [-0.15, -0.1) is 0 Å². The second-order valence-electron chi connectivity index (χ2n) is 6.38. The molecule has 134 valence electrons. The lowest BCUT2D eigenvalue weighted by Gasteiger charge is -2.07. The van der Waals surface area contributed by atoms with E-state index in [-0.39, 0.29) is 11.5 Å². The van der Waals surface area contributed by atoms with Crippen molar-refractivity contribution in [1.29, 1.82) is 0 Å². The predicted molar refractivity (Wildman–Crippen MR) is 106 cm³/mol. The van der Waals surface area contributed by atoms with Gasteiger partial charge in [-0.05, 0) is 42.8 Å². The van der Waals surface area contributed by atoms with Crippen molar-refractivity contribution in [3.05, 3.63) is 77.0 Å². The van der Waals surface area contributed by atoms with Crippen LogP contribution in [0.5, 0.6) is 11.5 Å². The van der Waals surface area contributed by atoms with Crippen LogP contribution in [-0.4, -0.2) is 27.1 Å². The average molecular weight is 358 g/mol. The number of aliphatic imine (C=N–C) groups is 1. The third-order valence-electron chi connectivity index (χ3n) is 4.35. The van der Waals surface area contributed by atoms with E-state index in [1.807, 2.05) is 31.2 Å². The molecule has 2 aromatic carbocycles. The van der Waals surface area contributed by atoms with Crippen LogP contribution in [0.1, 0.15) is 22.3 Å². The Morgan fingerprint density at radius 2 is 1.96 bits per heavy atom. The van der Waals surface area contributed by atoms with Crippen molar-refractivity contribution < 1.29 is 10.2 Å². The molecule has 0 unspecified atom stereocenters. The van der Waals surface area contributed by atoms with E-state index in [4.69, 9.17) is 0 Å². The number of aryl methyl sites for hydroxylation is 1. The van der Waals surface area contributed by atoms with E-state index in [9.17, 15) is 10.2 Å². The summed E-state index contributed by atoms with van der Waals surface area (Å²) in [5.41, 5.74) is 7.62. The Morgan fingerprint density at radius 1 is 1.07 bits per heavy atom. The third-order valence-corrected chi connectivity index (χ3v) is 4.35. The number of rotatable bonds is 4. The number of pyridine rings is 1. The number of fused-ring (bicyclic) bond motifs is 1. The molecule has 1 aliphatic rings. The second kappa shape index (κ2) is 6.92. The number of aromatic hydroxyl groups is 2. The number of anilines is 1. The maximum Gasteiger partial charge on any atom is 0.146 e. The van der Waals surface area contributed by atoms with Crippen LogP contribution in [-0.2, 0) is 6.42 Å². The van der Waals surface area contributed by atoms with Crippen LogP contribution < -0.4 is 5.43 Å². The van der Waals surface area contributed by atoms with Crippen molar-refractivity contribution in [2.45, 2.75) is 13.3 Å². The van der Waals surface area contributed by atoms with Gasteiger partial charge in [-0.1, -0.05) is 23.8 Å². The van der Waals surface area contributed by atoms with Gasteiger partial charge in [0, 0.05) is 23.7 Å². The Bertz CT molecular complexity index is 1060. The quantitative estimate of drug-likeness (QED) is 0.374. The molecule has 1 aliphatic heterocycles. The minimum atomic E-state index is 0.0178. The molecule has 27 heavy (non-hydrogen) atoms. The highest BCUT2D eigenvalue weighted by atomic mass is 16.3. The molecule has 0 saturated carbocycles. The summed E-state index contributed by atoms with van der Waals surface area (Å²) >= 11 is 0. The van der Waals surface area contributed by atoms with Gasteiger partial charge in [-0.2, -0.15) is 5.10 Å². The summed E-state index contributed by atoms with van der Waals surface area (Å²) in [6, 6.07) is 14.5. The highest BCUT2D eigenvalue weighted by Crippen LogP contribution is 2.34. The Morgan fingerprint density at radius 3 is 2.78 bits per heavy atom. The molecule has 4 rings (SSSR count). The first kappa shape index (κ1) is 16.8. The molecule has 0 atom stereocenters. The Hall–Kier alpha value is -3.67. The minimum absolute atomic E-state index is 0.0178. The molecule has 0 bridgehead atoms. The second-order valence-corrected chi connectivity index (χ2v) is 6.38. The summed E-state index contributed by atoms with van der Waals surface area (Å²) in [4.78, 5) is 8.68. The molecule has 0 saturated heterocycles. The molecule has 0 amide bonds. The van der Waals surface area contributed by atoms with Crippen molar-refractivity contribution in [2.24, 2.45) is 10.1 Å². The Labute approximate surface area is 156 Å². The smallest absolute Gasteiger partial charge is 0.146 e. The van der Waals surface area contributed by atoms with Gasteiger partial charge in [-0.25, -0.2) is 4.98 Å². The molecular formula is C21H18N4O2. The van der Waals surface area contributed by atoms with Gasteiger partial charge < -0.3 is 10.2 Å². The average Bonchev–Trinajstić information content (AvgIpc) is 3.08. The van der Waals surface area contributed by atoms with Gasteiger partial charge in [0.15, 0.2) is 0 Å². The zero-order valence-electron chi connectivity index (χ0n) is 14.7. The highest BCUT2D eigenvalue weighted by molar-refractivity contribution is 6.09. The number of phenolic OH excluding ortho intramolecular Hbond substituents is 2. The molecule has 0 fully saturated rings. The molecule has 6 heteroatoms. The number of nitrogens with one attached hydrogen (secondary N) is 1. The van der Waals surface area contributed by atoms with Crippen molar-refractivity contribution in [3.8, 4) is 11.5 Å². The van der Waals surface area contributed by atoms with E-state index in [0.29, 0.717) is 23.4 Å². The van der Waals surface area contributed by atoms with Crippen LogP contribution >= 0.6 is 0 Å². The normalized spacial score (nSPS) is 12.9. The monoisotopic (exact) mass is 358 g/mol. The first-order chi connectivity index (χ1) is 13.1. The first-order valence-electron chi connectivity index (χ1n) is 8.54. The number of phenols is 2. The summed E-state index contributed by atoms with van der Waals surface area (Å²) in [7, 11) is 0. The van der Waals surface area contributed by atoms with E-state index in [0.717, 1.165) is 17.0 Å². The lowest BCUT2D eigenvalue weighted by Crippen LogP contribution is -2.02. The van der Waals surface area contributed by atoms with Crippen LogP contribution in [0.3, 0.4) is 0 Å². The van der Waals surface area contributed by atoms with Gasteiger partial charge in [0.05, 0.1) is 17.6 Å². The Balaban J connectivity index is 1.56. The lowest BCUT2D eigenvalue weighted by atomic mass is 10.0. The molecule has 0 spiro atoms. The fourth-order valence-corrected chi connectivity index (χ4v) is 3.01. The molecule has 2 heterocycles. The fraction of sp³-hybridized carbons (Fsp3) is 0.0952. The van der Waals surface area contributed by atoms with Crippen molar-refractivity contribution in [3.63, 3.8) is 0 Å². The van der Waals surface area contributed by atoms with Crippen LogP contribution in [0.15, 0.2) is 64.8 Å². The van der Waals surface area contributed by atoms with Crippen LogP contribution in [0.2, 0.25) is 0 Å². The lowest BCUT2D eigenvalue weighted by molar-refractivity contribution is 0.458. The molecule has 3 aromatic rings. The maximum absolute atomic E-state index is 10.4. The van der Waals surface area contributed by atoms with E-state index in [2.05, 4.69) is 26.6 Å². The molecule has 0 radical (unpaired) electrons. The van der Waals surface area contributed by atoms with Gasteiger partial charge >= 0.3 is 0 Å². The summed E-state index contributed by atoms with van der Waals surface area (Å²) in [5, 5.41) is 24.8. The Kier molecular flexibility index (Phi) is 4.30. The number of nitrogens with zero attached hydrogens (tertiary/aromatic N) is 3. The number of aromatic nitrogens is 1. The number of hydrogen-bond acceptors (Lipinski definition) is 6.